The first-order valence-electron chi connectivity index (χ1n) is 4.80. The molecule has 4 N–H and O–H groups in total. The molecule has 82 valence electrons. The number of rotatable bonds is 5. The van der Waals surface area contributed by atoms with Crippen LogP contribution in [0.15, 0.2) is 4.99 Å². The molecule has 0 saturated carbocycles. The lowest BCUT2D eigenvalue weighted by Gasteiger charge is -2.05. The zero-order valence-corrected chi connectivity index (χ0v) is 9.13. The van der Waals surface area contributed by atoms with E-state index < -0.39 is 0 Å². The van der Waals surface area contributed by atoms with Crippen molar-refractivity contribution in [3.63, 3.8) is 0 Å². The average molecular weight is 200 g/mol. The number of nitrogens with zero attached hydrogens (tertiary/aromatic N) is 1. The summed E-state index contributed by atoms with van der Waals surface area (Å²) in [4.78, 5) is 14.9. The van der Waals surface area contributed by atoms with Crippen LogP contribution < -0.4 is 16.4 Å². The maximum Gasteiger partial charge on any atom is 0.221 e. The fourth-order valence-corrected chi connectivity index (χ4v) is 0.766. The summed E-state index contributed by atoms with van der Waals surface area (Å²) in [6.45, 7) is 5.37. The molecule has 0 heterocycles. The van der Waals surface area contributed by atoms with Crippen LogP contribution in [0.4, 0.5) is 0 Å². The Hall–Kier alpha value is -1.26. The summed E-state index contributed by atoms with van der Waals surface area (Å²) in [5.41, 5.74) is 5.56. The molecule has 0 aliphatic carbocycles. The fourth-order valence-electron chi connectivity index (χ4n) is 0.766. The Morgan fingerprint density at radius 1 is 1.50 bits per heavy atom. The van der Waals surface area contributed by atoms with Gasteiger partial charge in [0.05, 0.1) is 0 Å². The number of nitrogens with one attached hydrogen (secondary N) is 2. The monoisotopic (exact) mass is 200 g/mol. The van der Waals surface area contributed by atoms with E-state index in [1.54, 1.807) is 7.05 Å². The number of aliphatic imine (C=N–C) groups is 1. The van der Waals surface area contributed by atoms with E-state index in [-0.39, 0.29) is 5.91 Å². The van der Waals surface area contributed by atoms with Crippen LogP contribution in [-0.2, 0) is 4.79 Å². The van der Waals surface area contributed by atoms with Crippen molar-refractivity contribution in [1.29, 1.82) is 0 Å². The molecule has 0 saturated heterocycles. The number of carbonyl (C=O) groups is 1. The smallest absolute Gasteiger partial charge is 0.221 e. The van der Waals surface area contributed by atoms with Crippen molar-refractivity contribution in [1.82, 2.24) is 10.6 Å². The van der Waals surface area contributed by atoms with Gasteiger partial charge in [-0.05, 0) is 5.92 Å². The van der Waals surface area contributed by atoms with Gasteiger partial charge in [0.25, 0.3) is 0 Å². The van der Waals surface area contributed by atoms with E-state index in [1.165, 1.54) is 0 Å². The SMILES string of the molecule is CNC(=O)CCNC(N)=NCC(C)C. The molecular weight excluding hydrogens is 180 g/mol. The van der Waals surface area contributed by atoms with Crippen LogP contribution in [0, 0.1) is 5.92 Å². The first-order chi connectivity index (χ1) is 6.56. The Morgan fingerprint density at radius 2 is 2.14 bits per heavy atom. The van der Waals surface area contributed by atoms with Crippen LogP contribution in [0.2, 0.25) is 0 Å². The molecule has 0 aliphatic rings. The van der Waals surface area contributed by atoms with Gasteiger partial charge in [-0.25, -0.2) is 0 Å². The lowest BCUT2D eigenvalue weighted by Crippen LogP contribution is -2.35. The number of hydrogen-bond donors (Lipinski definition) is 3. The van der Waals surface area contributed by atoms with E-state index in [2.05, 4.69) is 29.5 Å². The molecule has 0 aromatic carbocycles. The van der Waals surface area contributed by atoms with E-state index in [9.17, 15) is 4.79 Å². The van der Waals surface area contributed by atoms with Gasteiger partial charge in [-0.15, -0.1) is 0 Å². The highest BCUT2D eigenvalue weighted by molar-refractivity contribution is 5.79. The van der Waals surface area contributed by atoms with E-state index >= 15 is 0 Å². The maximum absolute atomic E-state index is 10.8. The van der Waals surface area contributed by atoms with Crippen LogP contribution in [0.25, 0.3) is 0 Å². The van der Waals surface area contributed by atoms with Crippen molar-refractivity contribution in [3.05, 3.63) is 0 Å². The third kappa shape index (κ3) is 7.39. The van der Waals surface area contributed by atoms with Crippen molar-refractivity contribution in [2.45, 2.75) is 20.3 Å². The predicted molar refractivity (Wildman–Crippen MR) is 58.0 cm³/mol. The quantitative estimate of drug-likeness (QED) is 0.420. The van der Waals surface area contributed by atoms with Crippen molar-refractivity contribution in [2.24, 2.45) is 16.6 Å². The molecule has 0 unspecified atom stereocenters. The van der Waals surface area contributed by atoms with Gasteiger partial charge < -0.3 is 16.4 Å². The van der Waals surface area contributed by atoms with Crippen LogP contribution in [0.1, 0.15) is 20.3 Å². The summed E-state index contributed by atoms with van der Waals surface area (Å²) in [5, 5.41) is 5.40. The highest BCUT2D eigenvalue weighted by Gasteiger charge is 1.97. The van der Waals surface area contributed by atoms with Crippen molar-refractivity contribution in [3.8, 4) is 0 Å². The second-order valence-corrected chi connectivity index (χ2v) is 3.47. The van der Waals surface area contributed by atoms with Crippen LogP contribution in [0.5, 0.6) is 0 Å². The minimum atomic E-state index is -0.00541. The number of carbonyl (C=O) groups excluding carboxylic acids is 1. The van der Waals surface area contributed by atoms with Gasteiger partial charge in [0, 0.05) is 26.6 Å². The van der Waals surface area contributed by atoms with E-state index in [0.717, 1.165) is 0 Å². The number of guanidine groups is 1. The van der Waals surface area contributed by atoms with E-state index in [0.29, 0.717) is 31.4 Å². The first-order valence-corrected chi connectivity index (χ1v) is 4.80. The van der Waals surface area contributed by atoms with E-state index in [1.807, 2.05) is 0 Å². The predicted octanol–water partition coefficient (Wildman–Crippen LogP) is -0.317. The maximum atomic E-state index is 10.8. The van der Waals surface area contributed by atoms with Gasteiger partial charge >= 0.3 is 0 Å². The Labute approximate surface area is 85.2 Å². The molecule has 1 amide bonds. The molecule has 0 radical (unpaired) electrons. The van der Waals surface area contributed by atoms with Crippen LogP contribution in [0.3, 0.4) is 0 Å². The van der Waals surface area contributed by atoms with Gasteiger partial charge in [-0.1, -0.05) is 13.8 Å². The third-order valence-corrected chi connectivity index (χ3v) is 1.56. The van der Waals surface area contributed by atoms with E-state index in [4.69, 9.17) is 5.73 Å². The van der Waals surface area contributed by atoms with Gasteiger partial charge in [-0.3, -0.25) is 9.79 Å². The molecule has 0 bridgehead atoms. The first kappa shape index (κ1) is 12.7. The zero-order valence-electron chi connectivity index (χ0n) is 9.13. The van der Waals surface area contributed by atoms with Gasteiger partial charge in [-0.2, -0.15) is 0 Å². The molecular formula is C9H20N4O. The lowest BCUT2D eigenvalue weighted by atomic mass is 10.2. The highest BCUT2D eigenvalue weighted by atomic mass is 16.1. The molecule has 5 nitrogen and oxygen atoms in total. The molecule has 0 aromatic heterocycles. The Balaban J connectivity index is 3.57. The van der Waals surface area contributed by atoms with Crippen molar-refractivity contribution in [2.75, 3.05) is 20.1 Å². The Bertz CT molecular complexity index is 201. The minimum absolute atomic E-state index is 0.00541. The van der Waals surface area contributed by atoms with Gasteiger partial charge in [0.1, 0.15) is 0 Å². The summed E-state index contributed by atoms with van der Waals surface area (Å²) >= 11 is 0. The second-order valence-electron chi connectivity index (χ2n) is 3.47. The number of hydrogen-bond acceptors (Lipinski definition) is 2. The van der Waals surface area contributed by atoms with Crippen molar-refractivity contribution >= 4 is 11.9 Å². The van der Waals surface area contributed by atoms with Crippen molar-refractivity contribution < 1.29 is 4.79 Å². The standard InChI is InChI=1S/C9H20N4O/c1-7(2)6-13-9(10)12-5-4-8(14)11-3/h7H,4-6H2,1-3H3,(H,11,14)(H3,10,12,13). The summed E-state index contributed by atoms with van der Waals surface area (Å²) in [6.07, 6.45) is 0.411. The zero-order chi connectivity index (χ0) is 11.0. The summed E-state index contributed by atoms with van der Waals surface area (Å²) in [7, 11) is 1.61. The highest BCUT2D eigenvalue weighted by Crippen LogP contribution is 1.90. The molecule has 0 rings (SSSR count). The molecule has 0 aliphatic heterocycles. The third-order valence-electron chi connectivity index (χ3n) is 1.56. The van der Waals surface area contributed by atoms with Crippen LogP contribution >= 0.6 is 0 Å². The molecule has 0 spiro atoms. The number of amides is 1. The topological polar surface area (TPSA) is 79.5 Å². The summed E-state index contributed by atoms with van der Waals surface area (Å²) in [5.74, 6) is 0.894. The Morgan fingerprint density at radius 3 is 2.64 bits per heavy atom. The number of nitrogens with two attached hydrogens (primary N) is 1. The second kappa shape index (κ2) is 7.17. The van der Waals surface area contributed by atoms with Crippen LogP contribution in [-0.4, -0.2) is 32.0 Å². The molecule has 0 atom stereocenters. The fraction of sp³-hybridized carbons (Fsp3) is 0.778. The normalized spacial score (nSPS) is 11.6. The molecule has 5 heteroatoms. The summed E-state index contributed by atoms with van der Waals surface area (Å²) in [6, 6.07) is 0. The molecule has 14 heavy (non-hydrogen) atoms. The largest absolute Gasteiger partial charge is 0.370 e. The average Bonchev–Trinajstić information content (AvgIpc) is 2.14. The molecule has 0 aromatic rings. The molecule has 0 fully saturated rings. The Kier molecular flexibility index (Phi) is 6.53. The summed E-state index contributed by atoms with van der Waals surface area (Å²) < 4.78 is 0. The minimum Gasteiger partial charge on any atom is -0.370 e. The van der Waals surface area contributed by atoms with Gasteiger partial charge in [0.2, 0.25) is 5.91 Å². The van der Waals surface area contributed by atoms with Gasteiger partial charge in [0.15, 0.2) is 5.96 Å². The lowest BCUT2D eigenvalue weighted by molar-refractivity contribution is -0.120.